The van der Waals surface area contributed by atoms with E-state index in [1.807, 2.05) is 18.2 Å². The van der Waals surface area contributed by atoms with Crippen LogP contribution in [0.25, 0.3) is 0 Å². The molecule has 36 heavy (non-hydrogen) atoms. The van der Waals surface area contributed by atoms with Crippen molar-refractivity contribution in [3.8, 4) is 0 Å². The molecule has 1 aromatic carbocycles. The second-order valence-electron chi connectivity index (χ2n) is 11.8. The van der Waals surface area contributed by atoms with Crippen LogP contribution >= 0.6 is 0 Å². The topological polar surface area (TPSA) is 55.8 Å². The van der Waals surface area contributed by atoms with Crippen molar-refractivity contribution < 1.29 is 17.9 Å². The lowest BCUT2D eigenvalue weighted by molar-refractivity contribution is -0.176. The van der Waals surface area contributed by atoms with Gasteiger partial charge in [0.15, 0.2) is 16.1 Å². The molecular weight excluding hydrogens is 470 g/mol. The molecule has 3 heterocycles. The monoisotopic (exact) mass is 517 g/mol. The summed E-state index contributed by atoms with van der Waals surface area (Å²) in [5.74, 6) is 0.613. The zero-order chi connectivity index (χ0) is 25.0. The first-order valence-electron chi connectivity index (χ1n) is 14.9. The van der Waals surface area contributed by atoms with Gasteiger partial charge in [0, 0.05) is 18.2 Å². The van der Waals surface area contributed by atoms with E-state index in [2.05, 4.69) is 11.8 Å². The van der Waals surface area contributed by atoms with Crippen LogP contribution in [0.3, 0.4) is 0 Å². The summed E-state index contributed by atoms with van der Waals surface area (Å²) in [5, 5.41) is -0.416. The molecule has 1 saturated carbocycles. The van der Waals surface area contributed by atoms with Gasteiger partial charge in [0.1, 0.15) is 0 Å². The SMILES string of the molecule is CCCCCC[C@@H]1CC[C@@H]2CCCC[C@]23C[C@@H](S(=O)(=O)c2ccccc2)[C@H](COC2CCCCO2)N13. The van der Waals surface area contributed by atoms with Gasteiger partial charge in [0.2, 0.25) is 0 Å². The maximum absolute atomic E-state index is 14.2. The van der Waals surface area contributed by atoms with Crippen LogP contribution in [0, 0.1) is 5.92 Å². The van der Waals surface area contributed by atoms with Crippen molar-refractivity contribution >= 4 is 9.84 Å². The number of hydrogen-bond acceptors (Lipinski definition) is 5. The maximum Gasteiger partial charge on any atom is 0.182 e. The molecule has 1 aliphatic carbocycles. The fourth-order valence-electron chi connectivity index (χ4n) is 8.01. The molecule has 0 radical (unpaired) electrons. The Balaban J connectivity index is 1.47. The van der Waals surface area contributed by atoms with E-state index in [4.69, 9.17) is 9.47 Å². The van der Waals surface area contributed by atoms with Crippen LogP contribution in [-0.4, -0.2) is 55.7 Å². The molecule has 0 amide bonds. The molecule has 5 nitrogen and oxygen atoms in total. The normalized spacial score (nSPS) is 35.3. The first kappa shape index (κ1) is 26.6. The lowest BCUT2D eigenvalue weighted by Gasteiger charge is -2.56. The van der Waals surface area contributed by atoms with Crippen LogP contribution in [0.15, 0.2) is 35.2 Å². The van der Waals surface area contributed by atoms with Crippen molar-refractivity contribution in [1.29, 1.82) is 0 Å². The van der Waals surface area contributed by atoms with Gasteiger partial charge in [-0.1, -0.05) is 63.6 Å². The highest BCUT2D eigenvalue weighted by atomic mass is 32.2. The molecule has 4 aliphatic rings. The maximum atomic E-state index is 14.2. The Hall–Kier alpha value is -0.950. The summed E-state index contributed by atoms with van der Waals surface area (Å²) >= 11 is 0. The molecule has 6 heteroatoms. The molecule has 0 aromatic heterocycles. The van der Waals surface area contributed by atoms with Gasteiger partial charge >= 0.3 is 0 Å². The van der Waals surface area contributed by atoms with Crippen molar-refractivity contribution in [3.05, 3.63) is 30.3 Å². The van der Waals surface area contributed by atoms with Crippen molar-refractivity contribution in [1.82, 2.24) is 4.90 Å². The van der Waals surface area contributed by atoms with Crippen molar-refractivity contribution in [3.63, 3.8) is 0 Å². The molecule has 4 fully saturated rings. The Morgan fingerprint density at radius 1 is 1.00 bits per heavy atom. The molecule has 5 rings (SSSR count). The van der Waals surface area contributed by atoms with Crippen molar-refractivity contribution in [2.24, 2.45) is 5.92 Å². The minimum Gasteiger partial charge on any atom is -0.353 e. The predicted octanol–water partition coefficient (Wildman–Crippen LogP) is 6.51. The van der Waals surface area contributed by atoms with Crippen LogP contribution in [-0.2, 0) is 19.3 Å². The molecular formula is C30H47NO4S. The van der Waals surface area contributed by atoms with Crippen LogP contribution < -0.4 is 0 Å². The summed E-state index contributed by atoms with van der Waals surface area (Å²) < 4.78 is 40.7. The van der Waals surface area contributed by atoms with Crippen LogP contribution in [0.2, 0.25) is 0 Å². The molecule has 1 aromatic rings. The highest BCUT2D eigenvalue weighted by molar-refractivity contribution is 7.92. The first-order valence-corrected chi connectivity index (χ1v) is 16.4. The van der Waals surface area contributed by atoms with Crippen LogP contribution in [0.5, 0.6) is 0 Å². The van der Waals surface area contributed by atoms with E-state index in [9.17, 15) is 8.42 Å². The van der Waals surface area contributed by atoms with Gasteiger partial charge in [-0.25, -0.2) is 8.42 Å². The van der Waals surface area contributed by atoms with Gasteiger partial charge in [-0.05, 0) is 75.8 Å². The fraction of sp³-hybridized carbons (Fsp3) is 0.800. The number of ether oxygens (including phenoxy) is 2. The Morgan fingerprint density at radius 2 is 1.83 bits per heavy atom. The standard InChI is InChI=1S/C30H47NO4S/c1-2-3-4-6-14-25-19-18-24-13-9-11-20-30(24)22-28(36(32,33)26-15-7-5-8-16-26)27(31(25)30)23-35-29-17-10-12-21-34-29/h5,7-8,15-16,24-25,27-29H,2-4,6,9-14,17-23H2,1H3/t24-,25+,27-,28+,29?,30-/m0/s1. The van der Waals surface area contributed by atoms with E-state index in [0.717, 1.165) is 38.7 Å². The van der Waals surface area contributed by atoms with Gasteiger partial charge in [-0.3, -0.25) is 4.90 Å². The molecule has 1 spiro atoms. The Bertz CT molecular complexity index is 932. The van der Waals surface area contributed by atoms with Gasteiger partial charge in [0.05, 0.1) is 22.8 Å². The second-order valence-corrected chi connectivity index (χ2v) is 14.0. The number of piperidine rings is 1. The lowest BCUT2D eigenvalue weighted by Crippen LogP contribution is -2.62. The zero-order valence-electron chi connectivity index (χ0n) is 22.3. The van der Waals surface area contributed by atoms with Crippen molar-refractivity contribution in [2.75, 3.05) is 13.2 Å². The Morgan fingerprint density at radius 3 is 2.61 bits per heavy atom. The van der Waals surface area contributed by atoms with E-state index in [1.54, 1.807) is 12.1 Å². The molecule has 0 bridgehead atoms. The van der Waals surface area contributed by atoms with Crippen LogP contribution in [0.1, 0.15) is 103 Å². The molecule has 3 saturated heterocycles. The van der Waals surface area contributed by atoms with Crippen LogP contribution in [0.4, 0.5) is 0 Å². The summed E-state index contributed by atoms with van der Waals surface area (Å²) in [6, 6.07) is 9.55. The molecule has 0 N–H and O–H groups in total. The highest BCUT2D eigenvalue weighted by Crippen LogP contribution is 2.56. The highest BCUT2D eigenvalue weighted by Gasteiger charge is 2.62. The third-order valence-corrected chi connectivity index (χ3v) is 11.9. The summed E-state index contributed by atoms with van der Waals surface area (Å²) in [6.45, 7) is 3.47. The van der Waals surface area contributed by atoms with E-state index in [1.165, 1.54) is 64.2 Å². The fourth-order valence-corrected chi connectivity index (χ4v) is 10.0. The van der Waals surface area contributed by atoms with E-state index in [0.29, 0.717) is 23.5 Å². The van der Waals surface area contributed by atoms with E-state index in [-0.39, 0.29) is 17.9 Å². The number of rotatable bonds is 10. The molecule has 1 unspecified atom stereocenters. The number of hydrogen-bond donors (Lipinski definition) is 0. The number of sulfone groups is 1. The third kappa shape index (κ3) is 5.30. The second kappa shape index (κ2) is 11.8. The Labute approximate surface area is 219 Å². The molecule has 6 atom stereocenters. The molecule has 202 valence electrons. The Kier molecular flexibility index (Phi) is 8.76. The number of nitrogens with zero attached hydrogens (tertiary/aromatic N) is 1. The lowest BCUT2D eigenvalue weighted by atomic mass is 9.66. The van der Waals surface area contributed by atoms with Crippen molar-refractivity contribution in [2.45, 2.75) is 137 Å². The number of unbranched alkanes of at least 4 members (excludes halogenated alkanes) is 3. The average molecular weight is 518 g/mol. The van der Waals surface area contributed by atoms with Gasteiger partial charge < -0.3 is 9.47 Å². The zero-order valence-corrected chi connectivity index (χ0v) is 23.1. The summed E-state index contributed by atoms with van der Waals surface area (Å²) in [5.41, 5.74) is 0.0138. The smallest absolute Gasteiger partial charge is 0.182 e. The quantitative estimate of drug-likeness (QED) is 0.331. The largest absolute Gasteiger partial charge is 0.353 e. The third-order valence-electron chi connectivity index (χ3n) is 9.72. The van der Waals surface area contributed by atoms with E-state index >= 15 is 0 Å². The molecule has 3 aliphatic heterocycles. The van der Waals surface area contributed by atoms with Gasteiger partial charge in [-0.2, -0.15) is 0 Å². The summed E-state index contributed by atoms with van der Waals surface area (Å²) in [6.07, 6.45) is 17.3. The summed E-state index contributed by atoms with van der Waals surface area (Å²) in [4.78, 5) is 3.22. The number of benzene rings is 1. The summed E-state index contributed by atoms with van der Waals surface area (Å²) in [7, 11) is -3.47. The first-order chi connectivity index (χ1) is 17.6. The predicted molar refractivity (Wildman–Crippen MR) is 144 cm³/mol. The van der Waals surface area contributed by atoms with E-state index < -0.39 is 15.1 Å². The minimum absolute atomic E-state index is 0.0138. The average Bonchev–Trinajstić information content (AvgIpc) is 3.26. The van der Waals surface area contributed by atoms with Gasteiger partial charge in [-0.15, -0.1) is 0 Å². The minimum atomic E-state index is -3.47. The van der Waals surface area contributed by atoms with Gasteiger partial charge in [0.25, 0.3) is 0 Å².